The summed E-state index contributed by atoms with van der Waals surface area (Å²) in [5, 5.41) is 2.43. The smallest absolute Gasteiger partial charge is 0.254 e. The summed E-state index contributed by atoms with van der Waals surface area (Å²) in [5.74, 6) is 0.150. The fourth-order valence-corrected chi connectivity index (χ4v) is 3.22. The second-order valence-corrected chi connectivity index (χ2v) is 6.26. The van der Waals surface area contributed by atoms with Crippen molar-refractivity contribution in [3.05, 3.63) is 47.5 Å². The normalized spacial score (nSPS) is 14.5. The van der Waals surface area contributed by atoms with Gasteiger partial charge in [0, 0.05) is 47.0 Å². The number of benzene rings is 2. The van der Waals surface area contributed by atoms with Crippen LogP contribution >= 0.6 is 0 Å². The Bertz CT molecular complexity index is 879. The Morgan fingerprint density at radius 3 is 2.77 bits per heavy atom. The topological polar surface area (TPSA) is 39.3 Å². The number of carbonyl (C=O) groups excluding carboxylic acids is 1. The number of H-pyrrole nitrogens is 1. The number of amides is 1. The molecular weight excluding hydrogens is 274 g/mol. The molecule has 2 aromatic carbocycles. The minimum absolute atomic E-state index is 0.150. The fourth-order valence-electron chi connectivity index (χ4n) is 3.22. The van der Waals surface area contributed by atoms with Gasteiger partial charge in [0.15, 0.2) is 0 Å². The van der Waals surface area contributed by atoms with E-state index in [1.807, 2.05) is 31.1 Å². The number of carbonyl (C=O) groups is 1. The zero-order valence-electron chi connectivity index (χ0n) is 12.9. The molecule has 0 radical (unpaired) electrons. The number of fused-ring (bicyclic) bond motifs is 4. The van der Waals surface area contributed by atoms with Crippen molar-refractivity contribution in [2.24, 2.45) is 0 Å². The lowest BCUT2D eigenvalue weighted by Gasteiger charge is -2.18. The highest BCUT2D eigenvalue weighted by molar-refractivity contribution is 6.11. The van der Waals surface area contributed by atoms with E-state index >= 15 is 0 Å². The lowest BCUT2D eigenvalue weighted by molar-refractivity contribution is 0.0768. The quantitative estimate of drug-likeness (QED) is 0.806. The molecule has 1 amide bonds. The first-order valence-corrected chi connectivity index (χ1v) is 7.61. The largest absolute Gasteiger partial charge is 0.354 e. The van der Waals surface area contributed by atoms with Crippen molar-refractivity contribution in [2.45, 2.75) is 6.54 Å². The van der Waals surface area contributed by atoms with Gasteiger partial charge in [0.25, 0.3) is 5.91 Å². The molecule has 4 heteroatoms. The molecule has 112 valence electrons. The maximum atomic E-state index is 12.6. The molecule has 0 fully saturated rings. The van der Waals surface area contributed by atoms with Crippen molar-refractivity contribution in [2.75, 3.05) is 27.2 Å². The van der Waals surface area contributed by atoms with Crippen LogP contribution in [0, 0.1) is 0 Å². The number of para-hydroxylation sites is 1. The number of aromatic amines is 1. The lowest BCUT2D eigenvalue weighted by Crippen LogP contribution is -2.31. The maximum Gasteiger partial charge on any atom is 0.254 e. The SMILES string of the molecule is CN(C)CCN1Cc2cc3c(cc2C1=O)[nH]c1ccccc13. The lowest BCUT2D eigenvalue weighted by atomic mass is 10.1. The van der Waals surface area contributed by atoms with Crippen LogP contribution in [-0.4, -0.2) is 47.9 Å². The van der Waals surface area contributed by atoms with E-state index in [1.165, 1.54) is 10.8 Å². The number of hydrogen-bond acceptors (Lipinski definition) is 2. The first-order chi connectivity index (χ1) is 10.6. The van der Waals surface area contributed by atoms with Gasteiger partial charge in [-0.2, -0.15) is 0 Å². The van der Waals surface area contributed by atoms with E-state index in [0.717, 1.165) is 41.8 Å². The summed E-state index contributed by atoms with van der Waals surface area (Å²) in [4.78, 5) is 20.0. The second kappa shape index (κ2) is 4.85. The molecule has 0 atom stereocenters. The number of rotatable bonds is 3. The van der Waals surface area contributed by atoms with Gasteiger partial charge in [0.2, 0.25) is 0 Å². The average molecular weight is 293 g/mol. The number of likely N-dealkylation sites (N-methyl/N-ethyl adjacent to an activating group) is 1. The minimum Gasteiger partial charge on any atom is -0.354 e. The van der Waals surface area contributed by atoms with E-state index in [4.69, 9.17) is 0 Å². The van der Waals surface area contributed by atoms with Crippen LogP contribution in [0.4, 0.5) is 0 Å². The minimum atomic E-state index is 0.150. The van der Waals surface area contributed by atoms with Crippen LogP contribution in [0.3, 0.4) is 0 Å². The van der Waals surface area contributed by atoms with E-state index in [1.54, 1.807) is 0 Å². The third-order valence-corrected chi connectivity index (χ3v) is 4.43. The summed E-state index contributed by atoms with van der Waals surface area (Å²) in [6, 6.07) is 12.5. The van der Waals surface area contributed by atoms with Crippen LogP contribution in [0.5, 0.6) is 0 Å². The van der Waals surface area contributed by atoms with E-state index in [0.29, 0.717) is 0 Å². The number of nitrogens with zero attached hydrogens (tertiary/aromatic N) is 2. The first kappa shape index (κ1) is 13.3. The van der Waals surface area contributed by atoms with Gasteiger partial charge in [0.05, 0.1) is 0 Å². The van der Waals surface area contributed by atoms with Crippen molar-refractivity contribution in [3.63, 3.8) is 0 Å². The Labute approximate surface area is 129 Å². The summed E-state index contributed by atoms with van der Waals surface area (Å²) in [5.41, 5.74) is 4.15. The molecule has 0 unspecified atom stereocenters. The van der Waals surface area contributed by atoms with Crippen molar-refractivity contribution < 1.29 is 4.79 Å². The highest BCUT2D eigenvalue weighted by Crippen LogP contribution is 2.31. The molecule has 0 spiro atoms. The van der Waals surface area contributed by atoms with Crippen LogP contribution < -0.4 is 0 Å². The summed E-state index contributed by atoms with van der Waals surface area (Å²) < 4.78 is 0. The third kappa shape index (κ3) is 1.99. The third-order valence-electron chi connectivity index (χ3n) is 4.43. The van der Waals surface area contributed by atoms with Gasteiger partial charge in [-0.05, 0) is 37.9 Å². The zero-order valence-corrected chi connectivity index (χ0v) is 12.9. The monoisotopic (exact) mass is 293 g/mol. The van der Waals surface area contributed by atoms with Gasteiger partial charge in [0.1, 0.15) is 0 Å². The molecule has 0 bridgehead atoms. The molecule has 0 aliphatic carbocycles. The molecule has 1 aromatic heterocycles. The van der Waals surface area contributed by atoms with Gasteiger partial charge < -0.3 is 14.8 Å². The summed E-state index contributed by atoms with van der Waals surface area (Å²) in [7, 11) is 4.06. The summed E-state index contributed by atoms with van der Waals surface area (Å²) in [6.45, 7) is 2.38. The fraction of sp³-hybridized carbons (Fsp3) is 0.278. The Hall–Kier alpha value is -2.33. The molecule has 0 saturated heterocycles. The van der Waals surface area contributed by atoms with Gasteiger partial charge >= 0.3 is 0 Å². The molecule has 4 nitrogen and oxygen atoms in total. The van der Waals surface area contributed by atoms with E-state index < -0.39 is 0 Å². The Kier molecular flexibility index (Phi) is 2.94. The highest BCUT2D eigenvalue weighted by Gasteiger charge is 2.28. The Morgan fingerprint density at radius 1 is 1.14 bits per heavy atom. The molecule has 1 aliphatic rings. The molecule has 4 rings (SSSR count). The molecule has 1 aliphatic heterocycles. The number of nitrogens with one attached hydrogen (secondary N) is 1. The highest BCUT2D eigenvalue weighted by atomic mass is 16.2. The number of aromatic nitrogens is 1. The van der Waals surface area contributed by atoms with Crippen LogP contribution in [0.15, 0.2) is 36.4 Å². The van der Waals surface area contributed by atoms with E-state index in [2.05, 4.69) is 34.1 Å². The summed E-state index contributed by atoms with van der Waals surface area (Å²) >= 11 is 0. The second-order valence-electron chi connectivity index (χ2n) is 6.26. The predicted octanol–water partition coefficient (Wildman–Crippen LogP) is 2.84. The number of hydrogen-bond donors (Lipinski definition) is 1. The van der Waals surface area contributed by atoms with Crippen molar-refractivity contribution in [1.82, 2.24) is 14.8 Å². The van der Waals surface area contributed by atoms with Crippen molar-refractivity contribution in [1.29, 1.82) is 0 Å². The van der Waals surface area contributed by atoms with Crippen LogP contribution in [0.2, 0.25) is 0 Å². The molecule has 1 N–H and O–H groups in total. The van der Waals surface area contributed by atoms with Crippen LogP contribution in [0.25, 0.3) is 21.8 Å². The summed E-state index contributed by atoms with van der Waals surface area (Å²) in [6.07, 6.45) is 0. The molecule has 3 aromatic rings. The molecule has 2 heterocycles. The van der Waals surface area contributed by atoms with Crippen LogP contribution in [-0.2, 0) is 6.54 Å². The molecule has 0 saturated carbocycles. The Morgan fingerprint density at radius 2 is 1.95 bits per heavy atom. The average Bonchev–Trinajstić information content (AvgIpc) is 3.01. The Balaban J connectivity index is 1.77. The predicted molar refractivity (Wildman–Crippen MR) is 89.1 cm³/mol. The van der Waals surface area contributed by atoms with Gasteiger partial charge in [-0.15, -0.1) is 0 Å². The van der Waals surface area contributed by atoms with Crippen molar-refractivity contribution >= 4 is 27.7 Å². The van der Waals surface area contributed by atoms with Crippen LogP contribution in [0.1, 0.15) is 15.9 Å². The van der Waals surface area contributed by atoms with Gasteiger partial charge in [-0.3, -0.25) is 4.79 Å². The van der Waals surface area contributed by atoms with Gasteiger partial charge in [-0.1, -0.05) is 18.2 Å². The van der Waals surface area contributed by atoms with E-state index in [-0.39, 0.29) is 5.91 Å². The molecular formula is C18H19N3O. The standard InChI is InChI=1S/C18H19N3O/c1-20(2)7-8-21-11-12-9-15-13-5-3-4-6-16(13)19-17(15)10-14(12)18(21)22/h3-6,9-10,19H,7-8,11H2,1-2H3. The first-order valence-electron chi connectivity index (χ1n) is 7.61. The molecule has 22 heavy (non-hydrogen) atoms. The zero-order chi connectivity index (χ0) is 15.3. The van der Waals surface area contributed by atoms with E-state index in [9.17, 15) is 4.79 Å². The van der Waals surface area contributed by atoms with Crippen molar-refractivity contribution in [3.8, 4) is 0 Å². The maximum absolute atomic E-state index is 12.6. The van der Waals surface area contributed by atoms with Gasteiger partial charge in [-0.25, -0.2) is 0 Å².